The smallest absolute Gasteiger partial charge is 0.416 e. The first-order chi connectivity index (χ1) is 15.7. The zero-order valence-corrected chi connectivity index (χ0v) is 18.9. The van der Waals surface area contributed by atoms with E-state index >= 15 is 0 Å². The Hall–Kier alpha value is -3.06. The molecule has 3 aromatic rings. The van der Waals surface area contributed by atoms with Gasteiger partial charge >= 0.3 is 12.1 Å². The molecule has 0 amide bonds. The third-order valence-electron chi connectivity index (χ3n) is 5.16. The highest BCUT2D eigenvalue weighted by atomic mass is 19.4. The highest BCUT2D eigenvalue weighted by molar-refractivity contribution is 5.71. The van der Waals surface area contributed by atoms with Crippen LogP contribution in [-0.2, 0) is 35.4 Å². The second kappa shape index (κ2) is 11.2. The first-order valence-corrected chi connectivity index (χ1v) is 10.9. The monoisotopic (exact) mass is 458 g/mol. The average molecular weight is 459 g/mol. The number of rotatable bonds is 10. The summed E-state index contributed by atoms with van der Waals surface area (Å²) >= 11 is 0. The lowest BCUT2D eigenvalue weighted by molar-refractivity contribution is -0.146. The van der Waals surface area contributed by atoms with Crippen molar-refractivity contribution in [2.24, 2.45) is 5.92 Å². The molecule has 3 rings (SSSR count). The maximum absolute atomic E-state index is 12.8. The van der Waals surface area contributed by atoms with E-state index in [1.807, 2.05) is 58.1 Å². The van der Waals surface area contributed by atoms with Crippen molar-refractivity contribution in [2.45, 2.75) is 39.7 Å². The van der Waals surface area contributed by atoms with E-state index in [1.54, 1.807) is 0 Å². The molecule has 0 aliphatic heterocycles. The van der Waals surface area contributed by atoms with Crippen LogP contribution in [0.15, 0.2) is 72.9 Å². The highest BCUT2D eigenvalue weighted by Crippen LogP contribution is 2.29. The summed E-state index contributed by atoms with van der Waals surface area (Å²) in [6, 6.07) is 18.6. The maximum Gasteiger partial charge on any atom is 0.416 e. The molecule has 0 radical (unpaired) electrons. The molecule has 2 aromatic carbocycles. The van der Waals surface area contributed by atoms with Crippen molar-refractivity contribution in [3.63, 3.8) is 0 Å². The number of hydrogen-bond donors (Lipinski definition) is 0. The predicted octanol–water partition coefficient (Wildman–Crippen LogP) is 5.76. The van der Waals surface area contributed by atoms with Crippen LogP contribution in [-0.4, -0.2) is 28.5 Å². The number of benzene rings is 2. The summed E-state index contributed by atoms with van der Waals surface area (Å²) in [7, 11) is 0. The second-order valence-electron chi connectivity index (χ2n) is 8.53. The van der Waals surface area contributed by atoms with Gasteiger partial charge in [-0.1, -0.05) is 56.3 Å². The SMILES string of the molecule is CC(C)CN(CC(=O)OCc1ccccc1)Cc1cccn1Cc1ccc(C(F)(F)F)cc1. The molecule has 0 spiro atoms. The lowest BCUT2D eigenvalue weighted by atomic mass is 10.1. The first kappa shape index (κ1) is 24.6. The van der Waals surface area contributed by atoms with E-state index in [2.05, 4.69) is 13.8 Å². The Morgan fingerprint density at radius 1 is 0.970 bits per heavy atom. The first-order valence-electron chi connectivity index (χ1n) is 10.9. The zero-order valence-electron chi connectivity index (χ0n) is 18.9. The molecule has 176 valence electrons. The molecule has 1 heterocycles. The van der Waals surface area contributed by atoms with Crippen LogP contribution in [0.5, 0.6) is 0 Å². The van der Waals surface area contributed by atoms with Gasteiger partial charge in [-0.25, -0.2) is 0 Å². The van der Waals surface area contributed by atoms with E-state index in [4.69, 9.17) is 4.74 Å². The zero-order chi connectivity index (χ0) is 23.8. The van der Waals surface area contributed by atoms with Crippen LogP contribution in [0, 0.1) is 5.92 Å². The molecule has 0 unspecified atom stereocenters. The summed E-state index contributed by atoms with van der Waals surface area (Å²) < 4.78 is 45.9. The number of carbonyl (C=O) groups is 1. The van der Waals surface area contributed by atoms with Crippen LogP contribution < -0.4 is 0 Å². The van der Waals surface area contributed by atoms with Crippen molar-refractivity contribution >= 4 is 5.97 Å². The van der Waals surface area contributed by atoms with Crippen molar-refractivity contribution in [2.75, 3.05) is 13.1 Å². The fourth-order valence-corrected chi connectivity index (χ4v) is 3.64. The lowest BCUT2D eigenvalue weighted by Crippen LogP contribution is -2.34. The topological polar surface area (TPSA) is 34.5 Å². The van der Waals surface area contributed by atoms with Gasteiger partial charge in [0.25, 0.3) is 0 Å². The third kappa shape index (κ3) is 7.79. The van der Waals surface area contributed by atoms with Crippen LogP contribution in [0.4, 0.5) is 13.2 Å². The average Bonchev–Trinajstić information content (AvgIpc) is 3.18. The highest BCUT2D eigenvalue weighted by Gasteiger charge is 2.29. The number of ether oxygens (including phenoxy) is 1. The molecule has 0 saturated heterocycles. The molecule has 0 N–H and O–H groups in total. The normalized spacial score (nSPS) is 11.8. The van der Waals surface area contributed by atoms with Gasteiger partial charge in [-0.3, -0.25) is 9.69 Å². The van der Waals surface area contributed by atoms with E-state index in [0.717, 1.165) is 29.0 Å². The Morgan fingerprint density at radius 3 is 2.30 bits per heavy atom. The van der Waals surface area contributed by atoms with Gasteiger partial charge in [-0.15, -0.1) is 0 Å². The van der Waals surface area contributed by atoms with Crippen LogP contribution in [0.3, 0.4) is 0 Å². The number of alkyl halides is 3. The van der Waals surface area contributed by atoms with Gasteiger partial charge in [0.15, 0.2) is 0 Å². The molecular weight excluding hydrogens is 429 g/mol. The molecule has 0 fully saturated rings. The standard InChI is InChI=1S/C26H29F3N2O2/c1-20(2)15-30(18-25(32)33-19-22-7-4-3-5-8-22)17-24-9-6-14-31(24)16-21-10-12-23(13-11-21)26(27,28)29/h3-14,20H,15-19H2,1-2H3. The number of halogens is 3. The number of nitrogens with zero attached hydrogens (tertiary/aromatic N) is 2. The minimum atomic E-state index is -4.34. The fourth-order valence-electron chi connectivity index (χ4n) is 3.64. The second-order valence-corrected chi connectivity index (χ2v) is 8.53. The minimum Gasteiger partial charge on any atom is -0.460 e. The van der Waals surface area contributed by atoms with Crippen LogP contribution in [0.25, 0.3) is 0 Å². The summed E-state index contributed by atoms with van der Waals surface area (Å²) in [5.41, 5.74) is 2.03. The van der Waals surface area contributed by atoms with Crippen LogP contribution >= 0.6 is 0 Å². The fraction of sp³-hybridized carbons (Fsp3) is 0.346. The number of hydrogen-bond acceptors (Lipinski definition) is 3. The van der Waals surface area contributed by atoms with Gasteiger partial charge in [0, 0.05) is 31.5 Å². The van der Waals surface area contributed by atoms with Gasteiger partial charge in [0.05, 0.1) is 12.1 Å². The molecule has 0 bridgehead atoms. The minimum absolute atomic E-state index is 0.163. The van der Waals surface area contributed by atoms with Crippen molar-refractivity contribution in [1.82, 2.24) is 9.47 Å². The molecule has 1 aromatic heterocycles. The van der Waals surface area contributed by atoms with E-state index in [0.29, 0.717) is 25.6 Å². The summed E-state index contributed by atoms with van der Waals surface area (Å²) in [4.78, 5) is 14.5. The molecular formula is C26H29F3N2O2. The number of aromatic nitrogens is 1. The van der Waals surface area contributed by atoms with Gasteiger partial charge in [-0.05, 0) is 41.3 Å². The third-order valence-corrected chi connectivity index (χ3v) is 5.16. The number of esters is 1. The van der Waals surface area contributed by atoms with Crippen molar-refractivity contribution < 1.29 is 22.7 Å². The van der Waals surface area contributed by atoms with Crippen molar-refractivity contribution in [3.05, 3.63) is 95.3 Å². The Kier molecular flexibility index (Phi) is 8.33. The Bertz CT molecular complexity index is 1010. The van der Waals surface area contributed by atoms with Crippen molar-refractivity contribution in [3.8, 4) is 0 Å². The molecule has 7 heteroatoms. The lowest BCUT2D eigenvalue weighted by Gasteiger charge is -2.24. The van der Waals surface area contributed by atoms with Gasteiger partial charge in [-0.2, -0.15) is 13.2 Å². The summed E-state index contributed by atoms with van der Waals surface area (Å²) in [6.45, 7) is 6.27. The van der Waals surface area contributed by atoms with Crippen LogP contribution in [0.2, 0.25) is 0 Å². The van der Waals surface area contributed by atoms with Crippen LogP contribution in [0.1, 0.15) is 36.2 Å². The van der Waals surface area contributed by atoms with Gasteiger partial charge < -0.3 is 9.30 Å². The summed E-state index contributed by atoms with van der Waals surface area (Å²) in [5.74, 6) is 0.0607. The molecule has 0 saturated carbocycles. The van der Waals surface area contributed by atoms with E-state index in [-0.39, 0.29) is 19.1 Å². The molecule has 0 aliphatic rings. The predicted molar refractivity (Wildman–Crippen MR) is 121 cm³/mol. The maximum atomic E-state index is 12.8. The summed E-state index contributed by atoms with van der Waals surface area (Å²) in [6.07, 6.45) is -2.45. The van der Waals surface area contributed by atoms with E-state index in [1.165, 1.54) is 12.1 Å². The van der Waals surface area contributed by atoms with Gasteiger partial charge in [0.2, 0.25) is 0 Å². The Balaban J connectivity index is 1.62. The van der Waals surface area contributed by atoms with E-state index < -0.39 is 11.7 Å². The largest absolute Gasteiger partial charge is 0.460 e. The molecule has 0 aliphatic carbocycles. The summed E-state index contributed by atoms with van der Waals surface area (Å²) in [5, 5.41) is 0. The molecule has 33 heavy (non-hydrogen) atoms. The Morgan fingerprint density at radius 2 is 1.67 bits per heavy atom. The van der Waals surface area contributed by atoms with Crippen molar-refractivity contribution in [1.29, 1.82) is 0 Å². The number of carbonyl (C=O) groups excluding carboxylic acids is 1. The quantitative estimate of drug-likeness (QED) is 0.363. The molecule has 0 atom stereocenters. The van der Waals surface area contributed by atoms with E-state index in [9.17, 15) is 18.0 Å². The molecule has 4 nitrogen and oxygen atoms in total. The van der Waals surface area contributed by atoms with Gasteiger partial charge in [0.1, 0.15) is 6.61 Å². The Labute approximate surface area is 192 Å².